The molecule has 0 saturated heterocycles. The third-order valence-electron chi connectivity index (χ3n) is 3.43. The molecule has 5 heteroatoms. The van der Waals surface area contributed by atoms with Gasteiger partial charge in [-0.05, 0) is 20.3 Å². The van der Waals surface area contributed by atoms with Crippen LogP contribution in [0.4, 0.5) is 0 Å². The number of nitrogens with zero attached hydrogens (tertiary/aromatic N) is 1. The highest BCUT2D eigenvalue weighted by atomic mass is 16.7. The summed E-state index contributed by atoms with van der Waals surface area (Å²) >= 11 is 0. The van der Waals surface area contributed by atoms with Crippen molar-refractivity contribution in [3.63, 3.8) is 0 Å². The van der Waals surface area contributed by atoms with Crippen molar-refractivity contribution in [1.29, 1.82) is 0 Å². The number of aliphatic hydroxyl groups is 2. The lowest BCUT2D eigenvalue weighted by molar-refractivity contribution is -0.276. The first-order chi connectivity index (χ1) is 9.99. The van der Waals surface area contributed by atoms with Crippen LogP contribution in [0.3, 0.4) is 0 Å². The van der Waals surface area contributed by atoms with Crippen LogP contribution in [0, 0.1) is 0 Å². The maximum absolute atomic E-state index is 11.6. The Morgan fingerprint density at radius 3 is 1.76 bits per heavy atom. The standard InChI is InChI=1S/C16H33NO4/c1-4-5-6-7-8-9-10-11-12-13-16(20)21-17(14(2)18)15(3)19/h14-15,18-19H,4-13H2,1-3H3. The fourth-order valence-electron chi connectivity index (χ4n) is 2.21. The van der Waals surface area contributed by atoms with E-state index in [1.54, 1.807) is 0 Å². The molecule has 21 heavy (non-hydrogen) atoms. The second kappa shape index (κ2) is 13.0. The predicted molar refractivity (Wildman–Crippen MR) is 83.1 cm³/mol. The lowest BCUT2D eigenvalue weighted by Crippen LogP contribution is -2.41. The van der Waals surface area contributed by atoms with Crippen LogP contribution in [-0.4, -0.2) is 33.7 Å². The highest BCUT2D eigenvalue weighted by molar-refractivity contribution is 5.68. The smallest absolute Gasteiger partial charge is 0.325 e. The topological polar surface area (TPSA) is 70.0 Å². The van der Waals surface area contributed by atoms with Gasteiger partial charge in [0.15, 0.2) is 0 Å². The van der Waals surface area contributed by atoms with E-state index >= 15 is 0 Å². The molecule has 2 unspecified atom stereocenters. The Bertz CT molecular complexity index is 249. The second-order valence-corrected chi connectivity index (χ2v) is 5.67. The molecule has 0 amide bonds. The van der Waals surface area contributed by atoms with Gasteiger partial charge in [-0.25, -0.2) is 0 Å². The van der Waals surface area contributed by atoms with Crippen molar-refractivity contribution in [2.24, 2.45) is 0 Å². The van der Waals surface area contributed by atoms with Crippen LogP contribution in [0.5, 0.6) is 0 Å². The molecule has 0 aliphatic rings. The molecule has 0 aliphatic heterocycles. The van der Waals surface area contributed by atoms with Gasteiger partial charge in [0.25, 0.3) is 0 Å². The first kappa shape index (κ1) is 20.3. The monoisotopic (exact) mass is 303 g/mol. The predicted octanol–water partition coefficient (Wildman–Crippen LogP) is 3.34. The van der Waals surface area contributed by atoms with E-state index in [1.807, 2.05) is 0 Å². The number of rotatable bonds is 13. The average molecular weight is 303 g/mol. The molecular formula is C16H33NO4. The lowest BCUT2D eigenvalue weighted by atomic mass is 10.1. The van der Waals surface area contributed by atoms with E-state index in [0.29, 0.717) is 6.42 Å². The normalized spacial score (nSPS) is 14.2. The van der Waals surface area contributed by atoms with Gasteiger partial charge in [-0.3, -0.25) is 4.79 Å². The van der Waals surface area contributed by atoms with Gasteiger partial charge in [-0.1, -0.05) is 63.4 Å². The molecule has 0 fully saturated rings. The molecule has 5 nitrogen and oxygen atoms in total. The summed E-state index contributed by atoms with van der Waals surface area (Å²) in [4.78, 5) is 16.5. The van der Waals surface area contributed by atoms with Crippen LogP contribution in [0.15, 0.2) is 0 Å². The number of carbonyl (C=O) groups excluding carboxylic acids is 1. The van der Waals surface area contributed by atoms with E-state index in [-0.39, 0.29) is 0 Å². The van der Waals surface area contributed by atoms with Crippen LogP contribution in [0.25, 0.3) is 0 Å². The molecule has 0 saturated carbocycles. The molecule has 0 aromatic rings. The van der Waals surface area contributed by atoms with Gasteiger partial charge in [-0.15, -0.1) is 0 Å². The zero-order valence-corrected chi connectivity index (χ0v) is 13.9. The minimum Gasteiger partial charge on any atom is -0.375 e. The van der Waals surface area contributed by atoms with Crippen molar-refractivity contribution in [2.45, 2.75) is 97.4 Å². The van der Waals surface area contributed by atoms with Crippen molar-refractivity contribution in [3.05, 3.63) is 0 Å². The first-order valence-electron chi connectivity index (χ1n) is 8.34. The van der Waals surface area contributed by atoms with Crippen LogP contribution >= 0.6 is 0 Å². The van der Waals surface area contributed by atoms with E-state index in [4.69, 9.17) is 4.84 Å². The van der Waals surface area contributed by atoms with Crippen molar-refractivity contribution in [1.82, 2.24) is 5.06 Å². The molecule has 0 heterocycles. The molecule has 2 atom stereocenters. The maximum Gasteiger partial charge on any atom is 0.325 e. The first-order valence-corrected chi connectivity index (χ1v) is 8.34. The van der Waals surface area contributed by atoms with E-state index < -0.39 is 18.4 Å². The van der Waals surface area contributed by atoms with Crippen LogP contribution < -0.4 is 0 Å². The Kier molecular flexibility index (Phi) is 12.6. The number of unbranched alkanes of at least 4 members (excludes halogenated alkanes) is 8. The SMILES string of the molecule is CCCCCCCCCCCC(=O)ON(C(C)O)C(C)O. The number of hydrogen-bond acceptors (Lipinski definition) is 5. The van der Waals surface area contributed by atoms with E-state index in [0.717, 1.165) is 24.3 Å². The average Bonchev–Trinajstić information content (AvgIpc) is 2.42. The quantitative estimate of drug-likeness (QED) is 0.310. The number of hydroxylamine groups is 2. The third kappa shape index (κ3) is 11.7. The van der Waals surface area contributed by atoms with Gasteiger partial charge < -0.3 is 15.1 Å². The molecule has 0 bridgehead atoms. The third-order valence-corrected chi connectivity index (χ3v) is 3.43. The van der Waals surface area contributed by atoms with Crippen molar-refractivity contribution in [3.8, 4) is 0 Å². The number of aliphatic hydroxyl groups excluding tert-OH is 2. The molecule has 0 spiro atoms. The maximum atomic E-state index is 11.6. The summed E-state index contributed by atoms with van der Waals surface area (Å²) in [7, 11) is 0. The van der Waals surface area contributed by atoms with E-state index in [9.17, 15) is 15.0 Å². The van der Waals surface area contributed by atoms with Crippen LogP contribution in [-0.2, 0) is 9.63 Å². The highest BCUT2D eigenvalue weighted by Gasteiger charge is 2.20. The Morgan fingerprint density at radius 2 is 1.33 bits per heavy atom. The Morgan fingerprint density at radius 1 is 0.905 bits per heavy atom. The van der Waals surface area contributed by atoms with E-state index in [1.165, 1.54) is 52.4 Å². The van der Waals surface area contributed by atoms with Crippen molar-refractivity contribution < 1.29 is 19.8 Å². The number of carbonyl (C=O) groups is 1. The lowest BCUT2D eigenvalue weighted by Gasteiger charge is -2.25. The zero-order valence-electron chi connectivity index (χ0n) is 13.9. The van der Waals surface area contributed by atoms with Crippen molar-refractivity contribution >= 4 is 5.97 Å². The van der Waals surface area contributed by atoms with Gasteiger partial charge in [0.05, 0.1) is 0 Å². The Labute approximate surface area is 129 Å². The summed E-state index contributed by atoms with van der Waals surface area (Å²) in [5, 5.41) is 19.6. The summed E-state index contributed by atoms with van der Waals surface area (Å²) in [5.74, 6) is -0.403. The molecule has 0 aromatic heterocycles. The van der Waals surface area contributed by atoms with Crippen LogP contribution in [0.1, 0.15) is 85.0 Å². The number of hydrogen-bond donors (Lipinski definition) is 2. The molecule has 126 valence electrons. The van der Waals surface area contributed by atoms with E-state index in [2.05, 4.69) is 6.92 Å². The minimum absolute atomic E-state index is 0.325. The fraction of sp³-hybridized carbons (Fsp3) is 0.938. The summed E-state index contributed by atoms with van der Waals surface area (Å²) in [6, 6.07) is 0. The molecule has 0 rings (SSSR count). The summed E-state index contributed by atoms with van der Waals surface area (Å²) in [5.41, 5.74) is 0. The van der Waals surface area contributed by atoms with Gasteiger partial charge in [-0.2, -0.15) is 0 Å². The highest BCUT2D eigenvalue weighted by Crippen LogP contribution is 2.11. The Balaban J connectivity index is 3.53. The fourth-order valence-corrected chi connectivity index (χ4v) is 2.21. The van der Waals surface area contributed by atoms with Gasteiger partial charge >= 0.3 is 5.97 Å². The van der Waals surface area contributed by atoms with Gasteiger partial charge in [0.1, 0.15) is 12.5 Å². The summed E-state index contributed by atoms with van der Waals surface area (Å²) in [6.45, 7) is 5.10. The zero-order chi connectivity index (χ0) is 16.1. The van der Waals surface area contributed by atoms with Gasteiger partial charge in [0, 0.05) is 6.42 Å². The van der Waals surface area contributed by atoms with Crippen LogP contribution in [0.2, 0.25) is 0 Å². The second-order valence-electron chi connectivity index (χ2n) is 5.67. The molecule has 0 radical (unpaired) electrons. The minimum atomic E-state index is -1.02. The molecular weight excluding hydrogens is 270 g/mol. The van der Waals surface area contributed by atoms with Crippen molar-refractivity contribution in [2.75, 3.05) is 0 Å². The Hall–Kier alpha value is -0.650. The molecule has 0 aromatic carbocycles. The summed E-state index contributed by atoms with van der Waals surface area (Å²) < 4.78 is 0. The largest absolute Gasteiger partial charge is 0.375 e. The summed E-state index contributed by atoms with van der Waals surface area (Å²) in [6.07, 6.45) is 9.01. The molecule has 0 aliphatic carbocycles. The molecule has 2 N–H and O–H groups in total. The van der Waals surface area contributed by atoms with Gasteiger partial charge in [0.2, 0.25) is 0 Å².